The lowest BCUT2D eigenvalue weighted by molar-refractivity contribution is 0.235. The molecule has 1 aliphatic heterocycles. The van der Waals surface area contributed by atoms with Crippen LogP contribution in [-0.2, 0) is 0 Å². The third kappa shape index (κ3) is 2.37. The minimum Gasteiger partial charge on any atom is -0.314 e. The number of nitrogens with zero attached hydrogens (tertiary/aromatic N) is 1. The van der Waals surface area contributed by atoms with E-state index in [2.05, 4.69) is 23.7 Å². The highest BCUT2D eigenvalue weighted by Crippen LogP contribution is 2.29. The zero-order valence-corrected chi connectivity index (χ0v) is 9.21. The van der Waals surface area contributed by atoms with E-state index < -0.39 is 0 Å². The van der Waals surface area contributed by atoms with Gasteiger partial charge in [0.15, 0.2) is 0 Å². The van der Waals surface area contributed by atoms with Gasteiger partial charge >= 0.3 is 0 Å². The Kier molecular flexibility index (Phi) is 3.24. The Hall–Kier alpha value is -0.340. The first-order valence-electron chi connectivity index (χ1n) is 5.89. The molecule has 0 aromatic carbocycles. The van der Waals surface area contributed by atoms with Crippen LogP contribution in [0.1, 0.15) is 26.2 Å². The van der Waals surface area contributed by atoms with Crippen molar-refractivity contribution in [1.82, 2.24) is 10.2 Å². The summed E-state index contributed by atoms with van der Waals surface area (Å²) < 4.78 is 0. The maximum Gasteiger partial charge on any atom is 0.0163 e. The van der Waals surface area contributed by atoms with Crippen LogP contribution in [0.15, 0.2) is 12.7 Å². The first kappa shape index (κ1) is 10.2. The van der Waals surface area contributed by atoms with Crippen molar-refractivity contribution in [2.24, 2.45) is 5.92 Å². The van der Waals surface area contributed by atoms with E-state index in [-0.39, 0.29) is 0 Å². The van der Waals surface area contributed by atoms with Crippen LogP contribution in [0.5, 0.6) is 0 Å². The van der Waals surface area contributed by atoms with E-state index in [0.29, 0.717) is 6.04 Å². The third-order valence-electron chi connectivity index (χ3n) is 3.58. The lowest BCUT2D eigenvalue weighted by atomic mass is 10.0. The van der Waals surface area contributed by atoms with Gasteiger partial charge in [0, 0.05) is 25.2 Å². The smallest absolute Gasteiger partial charge is 0.0163 e. The van der Waals surface area contributed by atoms with Gasteiger partial charge in [0.2, 0.25) is 0 Å². The van der Waals surface area contributed by atoms with E-state index in [9.17, 15) is 0 Å². The predicted octanol–water partition coefficient (Wildman–Crippen LogP) is 1.63. The molecule has 0 amide bonds. The van der Waals surface area contributed by atoms with Crippen LogP contribution < -0.4 is 5.32 Å². The zero-order valence-electron chi connectivity index (χ0n) is 9.21. The summed E-state index contributed by atoms with van der Waals surface area (Å²) in [6, 6.07) is 1.59. The summed E-state index contributed by atoms with van der Waals surface area (Å²) in [7, 11) is 0. The Labute approximate surface area is 87.4 Å². The summed E-state index contributed by atoms with van der Waals surface area (Å²) in [5, 5.41) is 3.52. The molecule has 1 heterocycles. The van der Waals surface area contributed by atoms with Gasteiger partial charge in [0.05, 0.1) is 0 Å². The third-order valence-corrected chi connectivity index (χ3v) is 3.58. The van der Waals surface area contributed by atoms with Gasteiger partial charge in [-0.15, -0.1) is 6.58 Å². The average molecular weight is 194 g/mol. The Morgan fingerprint density at radius 3 is 2.71 bits per heavy atom. The SMILES string of the molecule is C=CCN(CC1CCNC1C)C1CC1. The highest BCUT2D eigenvalue weighted by molar-refractivity contribution is 4.91. The van der Waals surface area contributed by atoms with E-state index >= 15 is 0 Å². The maximum absolute atomic E-state index is 3.85. The summed E-state index contributed by atoms with van der Waals surface area (Å²) in [5.41, 5.74) is 0. The Morgan fingerprint density at radius 2 is 2.21 bits per heavy atom. The molecule has 0 aromatic rings. The molecule has 0 bridgehead atoms. The van der Waals surface area contributed by atoms with E-state index in [4.69, 9.17) is 0 Å². The number of hydrogen-bond acceptors (Lipinski definition) is 2. The van der Waals surface area contributed by atoms with Gasteiger partial charge in [0.25, 0.3) is 0 Å². The fraction of sp³-hybridized carbons (Fsp3) is 0.833. The van der Waals surface area contributed by atoms with Gasteiger partial charge in [-0.2, -0.15) is 0 Å². The van der Waals surface area contributed by atoms with Crippen molar-refractivity contribution in [3.63, 3.8) is 0 Å². The van der Waals surface area contributed by atoms with Crippen LogP contribution in [0.25, 0.3) is 0 Å². The number of nitrogens with one attached hydrogen (secondary N) is 1. The molecule has 1 saturated heterocycles. The Morgan fingerprint density at radius 1 is 1.43 bits per heavy atom. The van der Waals surface area contributed by atoms with Crippen molar-refractivity contribution in [2.45, 2.75) is 38.3 Å². The summed E-state index contributed by atoms with van der Waals surface area (Å²) >= 11 is 0. The molecule has 2 unspecified atom stereocenters. The topological polar surface area (TPSA) is 15.3 Å². The average Bonchev–Trinajstić information content (AvgIpc) is 2.93. The van der Waals surface area contributed by atoms with Crippen LogP contribution in [0.3, 0.4) is 0 Å². The first-order chi connectivity index (χ1) is 6.81. The van der Waals surface area contributed by atoms with Crippen LogP contribution >= 0.6 is 0 Å². The first-order valence-corrected chi connectivity index (χ1v) is 5.89. The lowest BCUT2D eigenvalue weighted by Gasteiger charge is -2.25. The summed E-state index contributed by atoms with van der Waals surface area (Å²) in [4.78, 5) is 2.61. The van der Waals surface area contributed by atoms with Gasteiger partial charge < -0.3 is 5.32 Å². The standard InChI is InChI=1S/C12H22N2/c1-3-8-14(12-4-5-12)9-11-6-7-13-10(11)2/h3,10-13H,1,4-9H2,2H3. The molecular formula is C12H22N2. The van der Waals surface area contributed by atoms with Crippen LogP contribution in [0, 0.1) is 5.92 Å². The summed E-state index contributed by atoms with van der Waals surface area (Å²) in [5.74, 6) is 0.857. The normalized spacial score (nSPS) is 32.4. The van der Waals surface area contributed by atoms with Crippen molar-refractivity contribution < 1.29 is 0 Å². The molecule has 0 spiro atoms. The number of hydrogen-bond donors (Lipinski definition) is 1. The largest absolute Gasteiger partial charge is 0.314 e. The molecule has 1 saturated carbocycles. The van der Waals surface area contributed by atoms with Crippen molar-refractivity contribution in [1.29, 1.82) is 0 Å². The molecule has 80 valence electrons. The molecule has 2 atom stereocenters. The minimum absolute atomic E-state index is 0.709. The van der Waals surface area contributed by atoms with Gasteiger partial charge in [-0.05, 0) is 38.6 Å². The predicted molar refractivity (Wildman–Crippen MR) is 60.4 cm³/mol. The molecular weight excluding hydrogens is 172 g/mol. The van der Waals surface area contributed by atoms with Gasteiger partial charge in [-0.3, -0.25) is 4.90 Å². The molecule has 2 nitrogen and oxygen atoms in total. The second-order valence-electron chi connectivity index (χ2n) is 4.77. The van der Waals surface area contributed by atoms with E-state index in [1.54, 1.807) is 0 Å². The summed E-state index contributed by atoms with van der Waals surface area (Å²) in [6.07, 6.45) is 6.21. The highest BCUT2D eigenvalue weighted by Gasteiger charge is 2.32. The second-order valence-corrected chi connectivity index (χ2v) is 4.77. The minimum atomic E-state index is 0.709. The lowest BCUT2D eigenvalue weighted by Crippen LogP contribution is -2.36. The molecule has 1 N–H and O–H groups in total. The molecule has 2 fully saturated rings. The monoisotopic (exact) mass is 194 g/mol. The molecule has 0 radical (unpaired) electrons. The fourth-order valence-corrected chi connectivity index (χ4v) is 2.44. The maximum atomic E-state index is 3.85. The molecule has 0 aromatic heterocycles. The van der Waals surface area contributed by atoms with Crippen molar-refractivity contribution in [3.8, 4) is 0 Å². The van der Waals surface area contributed by atoms with Gasteiger partial charge in [-0.25, -0.2) is 0 Å². The van der Waals surface area contributed by atoms with E-state index in [0.717, 1.165) is 18.5 Å². The quantitative estimate of drug-likeness (QED) is 0.669. The van der Waals surface area contributed by atoms with Gasteiger partial charge in [0.1, 0.15) is 0 Å². The van der Waals surface area contributed by atoms with Crippen molar-refractivity contribution in [2.75, 3.05) is 19.6 Å². The van der Waals surface area contributed by atoms with E-state index in [1.165, 1.54) is 32.4 Å². The molecule has 14 heavy (non-hydrogen) atoms. The Bertz CT molecular complexity index is 198. The number of rotatable bonds is 5. The van der Waals surface area contributed by atoms with E-state index in [1.807, 2.05) is 6.08 Å². The van der Waals surface area contributed by atoms with Crippen LogP contribution in [-0.4, -0.2) is 36.6 Å². The molecule has 2 aliphatic rings. The fourth-order valence-electron chi connectivity index (χ4n) is 2.44. The summed E-state index contributed by atoms with van der Waals surface area (Å²) in [6.45, 7) is 9.72. The second kappa shape index (κ2) is 4.45. The van der Waals surface area contributed by atoms with Crippen LogP contribution in [0.4, 0.5) is 0 Å². The highest BCUT2D eigenvalue weighted by atomic mass is 15.2. The molecule has 1 aliphatic carbocycles. The van der Waals surface area contributed by atoms with Crippen molar-refractivity contribution in [3.05, 3.63) is 12.7 Å². The van der Waals surface area contributed by atoms with Gasteiger partial charge in [-0.1, -0.05) is 6.08 Å². The van der Waals surface area contributed by atoms with Crippen LogP contribution in [0.2, 0.25) is 0 Å². The Balaban J connectivity index is 1.82. The molecule has 2 heteroatoms. The zero-order chi connectivity index (χ0) is 9.97. The van der Waals surface area contributed by atoms with Crippen molar-refractivity contribution >= 4 is 0 Å². The molecule has 2 rings (SSSR count).